The van der Waals surface area contributed by atoms with E-state index in [0.29, 0.717) is 11.9 Å². The van der Waals surface area contributed by atoms with Crippen molar-refractivity contribution in [2.24, 2.45) is 5.92 Å². The Hall–Kier alpha value is -1.46. The summed E-state index contributed by atoms with van der Waals surface area (Å²) in [7, 11) is 1.69. The van der Waals surface area contributed by atoms with Gasteiger partial charge in [-0.2, -0.15) is 0 Å². The molecular weight excluding hydrogens is 326 g/mol. The van der Waals surface area contributed by atoms with Gasteiger partial charge in [-0.05, 0) is 38.4 Å². The fourth-order valence-electron chi connectivity index (χ4n) is 3.61. The number of nitrogens with zero attached hydrogens (tertiary/aromatic N) is 2. The lowest BCUT2D eigenvalue weighted by Gasteiger charge is -2.39. The van der Waals surface area contributed by atoms with Gasteiger partial charge in [0.05, 0.1) is 7.11 Å². The highest BCUT2D eigenvalue weighted by molar-refractivity contribution is 5.85. The average Bonchev–Trinajstić information content (AvgIpc) is 2.61. The number of amides is 1. The van der Waals surface area contributed by atoms with E-state index in [4.69, 9.17) is 4.74 Å². The smallest absolute Gasteiger partial charge is 0.225 e. The molecule has 0 bridgehead atoms. The first kappa shape index (κ1) is 18.9. The maximum atomic E-state index is 12.7. The number of nitrogens with one attached hydrogen (secondary N) is 1. The van der Waals surface area contributed by atoms with E-state index >= 15 is 0 Å². The van der Waals surface area contributed by atoms with E-state index in [2.05, 4.69) is 34.2 Å². The van der Waals surface area contributed by atoms with Gasteiger partial charge in [0.1, 0.15) is 5.75 Å². The molecule has 134 valence electrons. The Labute approximate surface area is 150 Å². The summed E-state index contributed by atoms with van der Waals surface area (Å²) < 4.78 is 5.30. The van der Waals surface area contributed by atoms with Gasteiger partial charge in [0.25, 0.3) is 0 Å². The minimum atomic E-state index is 0. The second kappa shape index (κ2) is 8.58. The summed E-state index contributed by atoms with van der Waals surface area (Å²) in [4.78, 5) is 17.1. The first-order valence-electron chi connectivity index (χ1n) is 8.58. The summed E-state index contributed by atoms with van der Waals surface area (Å²) in [6.07, 6.45) is 1.94. The zero-order valence-corrected chi connectivity index (χ0v) is 15.3. The summed E-state index contributed by atoms with van der Waals surface area (Å²) >= 11 is 0. The number of rotatable bonds is 3. The summed E-state index contributed by atoms with van der Waals surface area (Å²) in [5.41, 5.74) is 1.17. The molecule has 2 heterocycles. The second-order valence-electron chi connectivity index (χ2n) is 6.59. The van der Waals surface area contributed by atoms with Crippen LogP contribution in [0.15, 0.2) is 24.3 Å². The second-order valence-corrected chi connectivity index (χ2v) is 6.59. The number of carbonyl (C=O) groups excluding carboxylic acids is 1. The normalized spacial score (nSPS) is 24.2. The van der Waals surface area contributed by atoms with Crippen LogP contribution in [0.1, 0.15) is 19.8 Å². The third-order valence-corrected chi connectivity index (χ3v) is 4.98. The van der Waals surface area contributed by atoms with Crippen LogP contribution < -0.4 is 15.0 Å². The van der Waals surface area contributed by atoms with Gasteiger partial charge in [0.15, 0.2) is 0 Å². The van der Waals surface area contributed by atoms with E-state index in [-0.39, 0.29) is 18.3 Å². The van der Waals surface area contributed by atoms with Gasteiger partial charge in [0.2, 0.25) is 5.91 Å². The molecule has 2 atom stereocenters. The van der Waals surface area contributed by atoms with Crippen LogP contribution in [0.25, 0.3) is 0 Å². The highest BCUT2D eigenvalue weighted by Crippen LogP contribution is 2.24. The molecule has 1 aromatic carbocycles. The number of piperidine rings is 1. The predicted octanol–water partition coefficient (Wildman–Crippen LogP) is 2.15. The Kier molecular flexibility index (Phi) is 6.75. The lowest BCUT2D eigenvalue weighted by atomic mass is 9.92. The number of anilines is 1. The van der Waals surface area contributed by atoms with Crippen LogP contribution in [0.4, 0.5) is 5.69 Å². The molecule has 1 amide bonds. The van der Waals surface area contributed by atoms with Crippen molar-refractivity contribution < 1.29 is 9.53 Å². The highest BCUT2D eigenvalue weighted by atomic mass is 35.5. The molecule has 0 aliphatic carbocycles. The molecule has 0 unspecified atom stereocenters. The number of hydrogen-bond donors (Lipinski definition) is 1. The lowest BCUT2D eigenvalue weighted by Crippen LogP contribution is -2.52. The SMILES string of the molecule is COc1cccc(N2CCN(C(=O)[C@H]3CCN[C@@H](C)C3)CC2)c1.Cl. The fraction of sp³-hybridized carbons (Fsp3) is 0.611. The van der Waals surface area contributed by atoms with Crippen molar-refractivity contribution in [2.75, 3.05) is 44.7 Å². The first-order valence-corrected chi connectivity index (χ1v) is 8.58. The van der Waals surface area contributed by atoms with Gasteiger partial charge in [-0.1, -0.05) is 6.07 Å². The van der Waals surface area contributed by atoms with E-state index in [1.54, 1.807) is 7.11 Å². The largest absolute Gasteiger partial charge is 0.497 e. The summed E-state index contributed by atoms with van der Waals surface area (Å²) in [6.45, 7) is 6.53. The predicted molar refractivity (Wildman–Crippen MR) is 99.2 cm³/mol. The van der Waals surface area contributed by atoms with E-state index in [0.717, 1.165) is 51.3 Å². The maximum Gasteiger partial charge on any atom is 0.225 e. The van der Waals surface area contributed by atoms with Crippen molar-refractivity contribution in [1.82, 2.24) is 10.2 Å². The summed E-state index contributed by atoms with van der Waals surface area (Å²) in [5, 5.41) is 3.42. The molecule has 24 heavy (non-hydrogen) atoms. The number of benzene rings is 1. The Morgan fingerprint density at radius 3 is 2.67 bits per heavy atom. The number of halogens is 1. The van der Waals surface area contributed by atoms with Gasteiger partial charge in [-0.15, -0.1) is 12.4 Å². The van der Waals surface area contributed by atoms with Crippen molar-refractivity contribution in [3.05, 3.63) is 24.3 Å². The van der Waals surface area contributed by atoms with Crippen LogP contribution in [0.3, 0.4) is 0 Å². The Balaban J connectivity index is 0.00000208. The molecule has 0 spiro atoms. The first-order chi connectivity index (χ1) is 11.2. The molecule has 2 aliphatic rings. The van der Waals surface area contributed by atoms with Crippen LogP contribution in [0.5, 0.6) is 5.75 Å². The monoisotopic (exact) mass is 353 g/mol. The number of hydrogen-bond acceptors (Lipinski definition) is 4. The molecule has 6 heteroatoms. The van der Waals surface area contributed by atoms with Crippen LogP contribution >= 0.6 is 12.4 Å². The van der Waals surface area contributed by atoms with Gasteiger partial charge in [-0.25, -0.2) is 0 Å². The van der Waals surface area contributed by atoms with Crippen molar-refractivity contribution in [3.63, 3.8) is 0 Å². The van der Waals surface area contributed by atoms with Gasteiger partial charge < -0.3 is 19.9 Å². The van der Waals surface area contributed by atoms with Crippen LogP contribution in [0, 0.1) is 5.92 Å². The zero-order valence-electron chi connectivity index (χ0n) is 14.5. The number of piperazine rings is 1. The topological polar surface area (TPSA) is 44.8 Å². The zero-order chi connectivity index (χ0) is 16.2. The summed E-state index contributed by atoms with van der Waals surface area (Å²) in [5.74, 6) is 1.43. The molecule has 1 aromatic rings. The van der Waals surface area contributed by atoms with Crippen molar-refractivity contribution >= 4 is 24.0 Å². The van der Waals surface area contributed by atoms with E-state index < -0.39 is 0 Å². The summed E-state index contributed by atoms with van der Waals surface area (Å²) in [6, 6.07) is 8.60. The van der Waals surface area contributed by atoms with E-state index in [1.165, 1.54) is 5.69 Å². The third kappa shape index (κ3) is 4.33. The van der Waals surface area contributed by atoms with Crippen LogP contribution in [-0.4, -0.2) is 56.7 Å². The van der Waals surface area contributed by atoms with Gasteiger partial charge >= 0.3 is 0 Å². The minimum Gasteiger partial charge on any atom is -0.497 e. The molecule has 2 aliphatic heterocycles. The standard InChI is InChI=1S/C18H27N3O2.ClH/c1-14-12-15(6-7-19-14)18(22)21-10-8-20(9-11-21)16-4-3-5-17(13-16)23-2;/h3-5,13-15,19H,6-12H2,1-2H3;1H/t14-,15-;/m0./s1. The highest BCUT2D eigenvalue weighted by Gasteiger charge is 2.30. The van der Waals surface area contributed by atoms with Crippen LogP contribution in [0.2, 0.25) is 0 Å². The molecule has 1 N–H and O–H groups in total. The quantitative estimate of drug-likeness (QED) is 0.904. The molecule has 2 saturated heterocycles. The van der Waals surface area contributed by atoms with Crippen molar-refractivity contribution in [3.8, 4) is 5.75 Å². The lowest BCUT2D eigenvalue weighted by molar-refractivity contribution is -0.137. The van der Waals surface area contributed by atoms with Crippen molar-refractivity contribution in [2.45, 2.75) is 25.8 Å². The Morgan fingerprint density at radius 1 is 1.25 bits per heavy atom. The Morgan fingerprint density at radius 2 is 2.00 bits per heavy atom. The molecular formula is C18H28ClN3O2. The minimum absolute atomic E-state index is 0. The molecule has 3 rings (SSSR count). The number of ether oxygens (including phenoxy) is 1. The third-order valence-electron chi connectivity index (χ3n) is 4.98. The molecule has 0 saturated carbocycles. The fourth-order valence-corrected chi connectivity index (χ4v) is 3.61. The molecule has 0 aromatic heterocycles. The van der Waals surface area contributed by atoms with E-state index in [9.17, 15) is 4.79 Å². The van der Waals surface area contributed by atoms with Crippen molar-refractivity contribution in [1.29, 1.82) is 0 Å². The molecule has 2 fully saturated rings. The van der Waals surface area contributed by atoms with Gasteiger partial charge in [-0.3, -0.25) is 4.79 Å². The van der Waals surface area contributed by atoms with Gasteiger partial charge in [0, 0.05) is 49.9 Å². The molecule has 0 radical (unpaired) electrons. The Bertz CT molecular complexity index is 547. The average molecular weight is 354 g/mol. The van der Waals surface area contributed by atoms with E-state index in [1.807, 2.05) is 12.1 Å². The maximum absolute atomic E-state index is 12.7. The number of methoxy groups -OCH3 is 1. The molecule has 5 nitrogen and oxygen atoms in total. The van der Waals surface area contributed by atoms with Crippen LogP contribution in [-0.2, 0) is 4.79 Å². The number of carbonyl (C=O) groups is 1.